The SMILES string of the molecule is CC1CCCN(c2cc(C(=O)O)c([N+](=O)[O-])cn2)CC1. The highest BCUT2D eigenvalue weighted by atomic mass is 16.6. The molecule has 1 aliphatic rings. The summed E-state index contributed by atoms with van der Waals surface area (Å²) < 4.78 is 0. The monoisotopic (exact) mass is 279 g/mol. The van der Waals surface area contributed by atoms with Gasteiger partial charge in [0.25, 0.3) is 0 Å². The summed E-state index contributed by atoms with van der Waals surface area (Å²) in [6.45, 7) is 3.79. The maximum atomic E-state index is 11.1. The Labute approximate surface area is 116 Å². The molecule has 0 saturated carbocycles. The number of hydrogen-bond acceptors (Lipinski definition) is 5. The van der Waals surface area contributed by atoms with Crippen LogP contribution < -0.4 is 4.90 Å². The van der Waals surface area contributed by atoms with Gasteiger partial charge in [-0.15, -0.1) is 0 Å². The number of rotatable bonds is 3. The van der Waals surface area contributed by atoms with Gasteiger partial charge in [0, 0.05) is 19.2 Å². The molecule has 1 unspecified atom stereocenters. The maximum Gasteiger partial charge on any atom is 0.342 e. The van der Waals surface area contributed by atoms with Crippen molar-refractivity contribution in [3.63, 3.8) is 0 Å². The summed E-state index contributed by atoms with van der Waals surface area (Å²) in [6, 6.07) is 1.30. The van der Waals surface area contributed by atoms with Crippen LogP contribution in [-0.2, 0) is 0 Å². The average Bonchev–Trinajstić information content (AvgIpc) is 2.62. The Hall–Kier alpha value is -2.18. The molecule has 1 saturated heterocycles. The maximum absolute atomic E-state index is 11.1. The third-order valence-electron chi connectivity index (χ3n) is 3.64. The molecule has 1 aliphatic heterocycles. The van der Waals surface area contributed by atoms with Crippen LogP contribution in [0.25, 0.3) is 0 Å². The van der Waals surface area contributed by atoms with Gasteiger partial charge in [-0.05, 0) is 25.2 Å². The van der Waals surface area contributed by atoms with Crippen molar-refractivity contribution in [1.29, 1.82) is 0 Å². The van der Waals surface area contributed by atoms with Crippen LogP contribution in [0.5, 0.6) is 0 Å². The Morgan fingerprint density at radius 2 is 2.25 bits per heavy atom. The second-order valence-electron chi connectivity index (χ2n) is 5.15. The largest absolute Gasteiger partial charge is 0.477 e. The molecule has 1 aromatic rings. The van der Waals surface area contributed by atoms with Crippen LogP contribution in [0.2, 0.25) is 0 Å². The fourth-order valence-corrected chi connectivity index (χ4v) is 2.42. The molecular weight excluding hydrogens is 262 g/mol. The molecule has 108 valence electrons. The first kappa shape index (κ1) is 14.2. The molecule has 0 amide bonds. The summed E-state index contributed by atoms with van der Waals surface area (Å²) in [4.78, 5) is 27.3. The van der Waals surface area contributed by atoms with Crippen molar-refractivity contribution in [1.82, 2.24) is 4.98 Å². The van der Waals surface area contributed by atoms with Gasteiger partial charge in [-0.25, -0.2) is 9.78 Å². The Balaban J connectivity index is 2.31. The minimum absolute atomic E-state index is 0.308. The van der Waals surface area contributed by atoms with Crippen molar-refractivity contribution in [3.05, 3.63) is 27.9 Å². The van der Waals surface area contributed by atoms with E-state index in [0.29, 0.717) is 11.7 Å². The summed E-state index contributed by atoms with van der Waals surface area (Å²) in [6.07, 6.45) is 4.20. The van der Waals surface area contributed by atoms with E-state index in [2.05, 4.69) is 11.9 Å². The van der Waals surface area contributed by atoms with Crippen LogP contribution in [-0.4, -0.2) is 34.1 Å². The number of nitrogens with zero attached hydrogens (tertiary/aromatic N) is 3. The van der Waals surface area contributed by atoms with Gasteiger partial charge in [0.1, 0.15) is 17.6 Å². The molecule has 2 rings (SSSR count). The smallest absolute Gasteiger partial charge is 0.342 e. The first-order valence-electron chi connectivity index (χ1n) is 6.61. The summed E-state index contributed by atoms with van der Waals surface area (Å²) >= 11 is 0. The molecule has 0 bridgehead atoms. The summed E-state index contributed by atoms with van der Waals surface area (Å²) in [5, 5.41) is 19.9. The molecule has 0 aliphatic carbocycles. The molecule has 0 radical (unpaired) electrons. The van der Waals surface area contributed by atoms with Gasteiger partial charge in [0.2, 0.25) is 0 Å². The van der Waals surface area contributed by atoms with Crippen LogP contribution in [0.15, 0.2) is 12.3 Å². The van der Waals surface area contributed by atoms with Gasteiger partial charge >= 0.3 is 11.7 Å². The Kier molecular flexibility index (Phi) is 4.16. The zero-order valence-electron chi connectivity index (χ0n) is 11.3. The number of nitro groups is 1. The zero-order valence-corrected chi connectivity index (χ0v) is 11.3. The summed E-state index contributed by atoms with van der Waals surface area (Å²) in [5.74, 6) is -0.164. The van der Waals surface area contributed by atoms with Gasteiger partial charge in [-0.2, -0.15) is 0 Å². The van der Waals surface area contributed by atoms with E-state index in [0.717, 1.165) is 38.5 Å². The predicted molar refractivity (Wildman–Crippen MR) is 73.1 cm³/mol. The molecule has 1 fully saturated rings. The molecule has 20 heavy (non-hydrogen) atoms. The van der Waals surface area contributed by atoms with E-state index in [1.54, 1.807) is 0 Å². The fraction of sp³-hybridized carbons (Fsp3) is 0.538. The number of carboxylic acid groups (broad SMARTS) is 1. The topological polar surface area (TPSA) is 96.6 Å². The van der Waals surface area contributed by atoms with E-state index in [1.165, 1.54) is 6.07 Å². The zero-order chi connectivity index (χ0) is 14.7. The van der Waals surface area contributed by atoms with Crippen LogP contribution in [0.1, 0.15) is 36.5 Å². The Bertz CT molecular complexity index is 532. The fourth-order valence-electron chi connectivity index (χ4n) is 2.42. The van der Waals surface area contributed by atoms with E-state index in [1.807, 2.05) is 4.90 Å². The standard InChI is InChI=1S/C13H17N3O4/c1-9-3-2-5-15(6-4-9)12-7-10(13(17)18)11(8-14-12)16(19)20/h7-9H,2-6H2,1H3,(H,17,18). The van der Waals surface area contributed by atoms with Gasteiger partial charge in [0.05, 0.1) is 4.92 Å². The van der Waals surface area contributed by atoms with Crippen molar-refractivity contribution in [2.45, 2.75) is 26.2 Å². The normalized spacial score (nSPS) is 19.4. The molecule has 1 N–H and O–H groups in total. The van der Waals surface area contributed by atoms with E-state index in [4.69, 9.17) is 5.11 Å². The van der Waals surface area contributed by atoms with E-state index >= 15 is 0 Å². The molecule has 0 aromatic carbocycles. The first-order valence-corrected chi connectivity index (χ1v) is 6.61. The van der Waals surface area contributed by atoms with Crippen LogP contribution in [0, 0.1) is 16.0 Å². The number of anilines is 1. The van der Waals surface area contributed by atoms with E-state index in [-0.39, 0.29) is 5.56 Å². The average molecular weight is 279 g/mol. The highest BCUT2D eigenvalue weighted by molar-refractivity contribution is 5.93. The van der Waals surface area contributed by atoms with E-state index in [9.17, 15) is 14.9 Å². The number of aromatic carboxylic acids is 1. The van der Waals surface area contributed by atoms with Gasteiger partial charge in [-0.3, -0.25) is 10.1 Å². The highest BCUT2D eigenvalue weighted by Gasteiger charge is 2.23. The molecule has 1 atom stereocenters. The van der Waals surface area contributed by atoms with Crippen molar-refractivity contribution in [2.24, 2.45) is 5.92 Å². The number of aromatic nitrogens is 1. The predicted octanol–water partition coefficient (Wildman–Crippen LogP) is 2.31. The molecule has 0 spiro atoms. The minimum Gasteiger partial charge on any atom is -0.477 e. The number of hydrogen-bond donors (Lipinski definition) is 1. The lowest BCUT2D eigenvalue weighted by Gasteiger charge is -2.21. The van der Waals surface area contributed by atoms with Crippen LogP contribution in [0.3, 0.4) is 0 Å². The highest BCUT2D eigenvalue weighted by Crippen LogP contribution is 2.25. The summed E-state index contributed by atoms with van der Waals surface area (Å²) in [7, 11) is 0. The number of carbonyl (C=O) groups is 1. The first-order chi connectivity index (χ1) is 9.49. The van der Waals surface area contributed by atoms with Crippen LogP contribution >= 0.6 is 0 Å². The number of carboxylic acids is 1. The lowest BCUT2D eigenvalue weighted by molar-refractivity contribution is -0.385. The molecule has 7 nitrogen and oxygen atoms in total. The minimum atomic E-state index is -1.30. The van der Waals surface area contributed by atoms with Crippen LogP contribution in [0.4, 0.5) is 11.5 Å². The molecule has 2 heterocycles. The number of pyridine rings is 1. The van der Waals surface area contributed by atoms with Gasteiger partial charge in [0.15, 0.2) is 0 Å². The second kappa shape index (κ2) is 5.85. The Morgan fingerprint density at radius 3 is 2.90 bits per heavy atom. The molecular formula is C13H17N3O4. The lowest BCUT2D eigenvalue weighted by atomic mass is 10.0. The molecule has 1 aromatic heterocycles. The third kappa shape index (κ3) is 3.04. The van der Waals surface area contributed by atoms with Crippen molar-refractivity contribution < 1.29 is 14.8 Å². The van der Waals surface area contributed by atoms with Crippen molar-refractivity contribution in [2.75, 3.05) is 18.0 Å². The van der Waals surface area contributed by atoms with Crippen molar-refractivity contribution >= 4 is 17.5 Å². The Morgan fingerprint density at radius 1 is 1.50 bits per heavy atom. The quantitative estimate of drug-likeness (QED) is 0.673. The molecule has 7 heteroatoms. The van der Waals surface area contributed by atoms with Gasteiger partial charge in [-0.1, -0.05) is 6.92 Å². The van der Waals surface area contributed by atoms with E-state index < -0.39 is 16.6 Å². The van der Waals surface area contributed by atoms with Crippen molar-refractivity contribution in [3.8, 4) is 0 Å². The second-order valence-corrected chi connectivity index (χ2v) is 5.15. The summed E-state index contributed by atoms with van der Waals surface area (Å²) in [5.41, 5.74) is -0.776. The lowest BCUT2D eigenvalue weighted by Crippen LogP contribution is -2.25. The van der Waals surface area contributed by atoms with Gasteiger partial charge < -0.3 is 10.0 Å². The third-order valence-corrected chi connectivity index (χ3v) is 3.64.